The highest BCUT2D eigenvalue weighted by molar-refractivity contribution is 7.80. The fourth-order valence-corrected chi connectivity index (χ4v) is 3.08. The van der Waals surface area contributed by atoms with Crippen LogP contribution in [0.5, 0.6) is 0 Å². The van der Waals surface area contributed by atoms with Gasteiger partial charge in [0.05, 0.1) is 19.6 Å². The van der Waals surface area contributed by atoms with Gasteiger partial charge >= 0.3 is 5.97 Å². The molecule has 0 bridgehead atoms. The zero-order chi connectivity index (χ0) is 23.9. The van der Waals surface area contributed by atoms with Gasteiger partial charge in [0.15, 0.2) is 5.11 Å². The molecule has 0 radical (unpaired) electrons. The molecule has 0 fully saturated rings. The van der Waals surface area contributed by atoms with Crippen molar-refractivity contribution >= 4 is 40.8 Å². The number of ether oxygens (including phenoxy) is 2. The molecule has 2 aromatic carbocycles. The monoisotopic (exact) mass is 471 g/mol. The minimum Gasteiger partial charge on any atom is -0.466 e. The molecule has 0 saturated carbocycles. The number of nitrogens with one attached hydrogen (secondary N) is 3. The number of esters is 1. The van der Waals surface area contributed by atoms with Crippen molar-refractivity contribution in [2.24, 2.45) is 0 Å². The van der Waals surface area contributed by atoms with Crippen molar-refractivity contribution in [2.75, 3.05) is 32.2 Å². The maximum atomic E-state index is 12.1. The number of rotatable bonds is 12. The van der Waals surface area contributed by atoms with Crippen molar-refractivity contribution in [1.82, 2.24) is 10.6 Å². The van der Waals surface area contributed by atoms with E-state index in [2.05, 4.69) is 16.0 Å². The maximum absolute atomic E-state index is 12.1. The molecule has 176 valence electrons. The Morgan fingerprint density at radius 1 is 0.970 bits per heavy atom. The van der Waals surface area contributed by atoms with Gasteiger partial charge in [-0.1, -0.05) is 36.4 Å². The zero-order valence-electron chi connectivity index (χ0n) is 18.6. The number of benzene rings is 2. The molecule has 2 amide bonds. The van der Waals surface area contributed by atoms with E-state index in [4.69, 9.17) is 21.7 Å². The summed E-state index contributed by atoms with van der Waals surface area (Å²) in [7, 11) is 1.56. The van der Waals surface area contributed by atoms with E-state index in [0.717, 1.165) is 12.8 Å². The van der Waals surface area contributed by atoms with Crippen LogP contribution in [0.1, 0.15) is 35.2 Å². The minimum atomic E-state index is -0.427. The first-order valence-electron chi connectivity index (χ1n) is 10.7. The van der Waals surface area contributed by atoms with Gasteiger partial charge < -0.3 is 25.4 Å². The van der Waals surface area contributed by atoms with Crippen LogP contribution in [0.25, 0.3) is 0 Å². The first-order valence-corrected chi connectivity index (χ1v) is 11.1. The summed E-state index contributed by atoms with van der Waals surface area (Å²) < 4.78 is 10.1. The number of hydrogen-bond donors (Lipinski definition) is 3. The van der Waals surface area contributed by atoms with Gasteiger partial charge in [-0.05, 0) is 48.8 Å². The van der Waals surface area contributed by atoms with E-state index in [9.17, 15) is 14.4 Å². The number of thiocarbonyl (C=S) groups is 1. The SMILES string of the molecule is COCCNC(=O)c1cccc(NC(=S)NC(=O)CCC(=O)OCCCc2ccccc2)c1. The second kappa shape index (κ2) is 14.7. The van der Waals surface area contributed by atoms with Gasteiger partial charge in [-0.25, -0.2) is 0 Å². The molecule has 0 heterocycles. The molecule has 33 heavy (non-hydrogen) atoms. The van der Waals surface area contributed by atoms with E-state index < -0.39 is 11.9 Å². The van der Waals surface area contributed by atoms with Crippen molar-refractivity contribution in [3.05, 3.63) is 65.7 Å². The summed E-state index contributed by atoms with van der Waals surface area (Å²) in [4.78, 5) is 36.0. The van der Waals surface area contributed by atoms with Crippen LogP contribution in [-0.4, -0.2) is 49.8 Å². The predicted molar refractivity (Wildman–Crippen MR) is 130 cm³/mol. The van der Waals surface area contributed by atoms with E-state index in [1.807, 2.05) is 30.3 Å². The van der Waals surface area contributed by atoms with Gasteiger partial charge in [0.25, 0.3) is 5.91 Å². The van der Waals surface area contributed by atoms with Crippen molar-refractivity contribution in [1.29, 1.82) is 0 Å². The van der Waals surface area contributed by atoms with Gasteiger partial charge in [0.1, 0.15) is 0 Å². The third-order valence-electron chi connectivity index (χ3n) is 4.50. The number of methoxy groups -OCH3 is 1. The van der Waals surface area contributed by atoms with Gasteiger partial charge in [-0.2, -0.15) is 0 Å². The van der Waals surface area contributed by atoms with Gasteiger partial charge in [0, 0.05) is 31.3 Å². The van der Waals surface area contributed by atoms with E-state index in [-0.39, 0.29) is 23.9 Å². The Morgan fingerprint density at radius 3 is 2.52 bits per heavy atom. The molecule has 0 saturated heterocycles. The van der Waals surface area contributed by atoms with Crippen LogP contribution in [-0.2, 0) is 25.5 Å². The van der Waals surface area contributed by atoms with Crippen LogP contribution >= 0.6 is 12.2 Å². The Morgan fingerprint density at radius 2 is 1.76 bits per heavy atom. The second-order valence-electron chi connectivity index (χ2n) is 7.14. The van der Waals surface area contributed by atoms with Gasteiger partial charge in [-0.3, -0.25) is 14.4 Å². The number of amides is 2. The first-order chi connectivity index (χ1) is 16.0. The molecule has 0 unspecified atom stereocenters. The van der Waals surface area contributed by atoms with Gasteiger partial charge in [0.2, 0.25) is 5.91 Å². The highest BCUT2D eigenvalue weighted by Crippen LogP contribution is 2.11. The van der Waals surface area contributed by atoms with Crippen LogP contribution in [0, 0.1) is 0 Å². The fourth-order valence-electron chi connectivity index (χ4n) is 2.85. The van der Waals surface area contributed by atoms with Crippen molar-refractivity contribution in [3.63, 3.8) is 0 Å². The van der Waals surface area contributed by atoms with Crippen LogP contribution in [0.2, 0.25) is 0 Å². The number of hydrogen-bond acceptors (Lipinski definition) is 6. The Kier molecular flexibility index (Phi) is 11.6. The third kappa shape index (κ3) is 10.7. The largest absolute Gasteiger partial charge is 0.466 e. The minimum absolute atomic E-state index is 0.0308. The predicted octanol–water partition coefficient (Wildman–Crippen LogP) is 2.83. The lowest BCUT2D eigenvalue weighted by Crippen LogP contribution is -2.34. The van der Waals surface area contributed by atoms with E-state index >= 15 is 0 Å². The first kappa shape index (κ1) is 26.0. The Labute approximate surface area is 199 Å². The topological polar surface area (TPSA) is 106 Å². The molecule has 0 aliphatic heterocycles. The van der Waals surface area contributed by atoms with E-state index in [1.54, 1.807) is 31.4 Å². The molecule has 0 atom stereocenters. The van der Waals surface area contributed by atoms with Crippen molar-refractivity contribution < 1.29 is 23.9 Å². The molecule has 0 aliphatic rings. The summed E-state index contributed by atoms with van der Waals surface area (Å²) in [6.45, 7) is 1.13. The average molecular weight is 472 g/mol. The maximum Gasteiger partial charge on any atom is 0.306 e. The van der Waals surface area contributed by atoms with E-state index in [0.29, 0.717) is 31.0 Å². The summed E-state index contributed by atoms with van der Waals surface area (Å²) in [6.07, 6.45) is 1.47. The van der Waals surface area contributed by atoms with Crippen molar-refractivity contribution in [3.8, 4) is 0 Å². The molecular formula is C24H29N3O5S. The van der Waals surface area contributed by atoms with Crippen LogP contribution in [0.15, 0.2) is 54.6 Å². The molecule has 3 N–H and O–H groups in total. The quantitative estimate of drug-likeness (QED) is 0.248. The summed E-state index contributed by atoms with van der Waals surface area (Å²) in [5.41, 5.74) is 2.18. The van der Waals surface area contributed by atoms with Crippen molar-refractivity contribution in [2.45, 2.75) is 25.7 Å². The third-order valence-corrected chi connectivity index (χ3v) is 4.70. The van der Waals surface area contributed by atoms with Gasteiger partial charge in [-0.15, -0.1) is 0 Å². The molecule has 8 nitrogen and oxygen atoms in total. The molecule has 0 aliphatic carbocycles. The summed E-state index contributed by atoms with van der Waals surface area (Å²) in [5.74, 6) is -1.07. The average Bonchev–Trinajstić information content (AvgIpc) is 2.81. The lowest BCUT2D eigenvalue weighted by atomic mass is 10.1. The molecule has 0 spiro atoms. The molecule has 2 aromatic rings. The molecule has 0 aromatic heterocycles. The smallest absolute Gasteiger partial charge is 0.306 e. The highest BCUT2D eigenvalue weighted by Gasteiger charge is 2.11. The van der Waals surface area contributed by atoms with E-state index in [1.165, 1.54) is 5.56 Å². The normalized spacial score (nSPS) is 10.2. The fraction of sp³-hybridized carbons (Fsp3) is 0.333. The summed E-state index contributed by atoms with van der Waals surface area (Å²) in [6, 6.07) is 16.6. The Bertz CT molecular complexity index is 937. The number of aryl methyl sites for hydroxylation is 1. The Balaban J connectivity index is 1.65. The Hall–Kier alpha value is -3.30. The molecule has 2 rings (SSSR count). The second-order valence-corrected chi connectivity index (χ2v) is 7.55. The van der Waals surface area contributed by atoms with Crippen LogP contribution in [0.3, 0.4) is 0 Å². The number of carbonyl (C=O) groups excluding carboxylic acids is 3. The lowest BCUT2D eigenvalue weighted by molar-refractivity contribution is -0.145. The van der Waals surface area contributed by atoms with Crippen LogP contribution < -0.4 is 16.0 Å². The zero-order valence-corrected chi connectivity index (χ0v) is 19.4. The summed E-state index contributed by atoms with van der Waals surface area (Å²) in [5, 5.41) is 8.18. The number of anilines is 1. The number of carbonyl (C=O) groups is 3. The molecule has 9 heteroatoms. The molecular weight excluding hydrogens is 442 g/mol. The highest BCUT2D eigenvalue weighted by atomic mass is 32.1. The van der Waals surface area contributed by atoms with Crippen LogP contribution in [0.4, 0.5) is 5.69 Å². The lowest BCUT2D eigenvalue weighted by Gasteiger charge is -2.11. The standard InChI is InChI=1S/C24H29N3O5S/c1-31-16-14-25-23(30)19-10-5-11-20(17-19)26-24(33)27-21(28)12-13-22(29)32-15-6-9-18-7-3-2-4-8-18/h2-5,7-8,10-11,17H,6,9,12-16H2,1H3,(H,25,30)(H2,26,27,28,33). The summed E-state index contributed by atoms with van der Waals surface area (Å²) >= 11 is 5.14.